The Morgan fingerprint density at radius 2 is 1.47 bits per heavy atom. The molecule has 0 spiro atoms. The Balaban J connectivity index is 1.72. The molecule has 0 saturated carbocycles. The smallest absolute Gasteiger partial charge is 0.416 e. The van der Waals surface area contributed by atoms with Gasteiger partial charge in [0.2, 0.25) is 5.75 Å². The maximum absolute atomic E-state index is 12.6. The van der Waals surface area contributed by atoms with E-state index in [2.05, 4.69) is 10.2 Å². The predicted octanol–water partition coefficient (Wildman–Crippen LogP) is 5.48. The highest BCUT2D eigenvalue weighted by Crippen LogP contribution is 2.40. The third-order valence-electron chi connectivity index (χ3n) is 4.27. The fourth-order valence-electron chi connectivity index (χ4n) is 2.73. The number of aromatic nitrogens is 2. The summed E-state index contributed by atoms with van der Waals surface area (Å²) in [7, 11) is 4.60. The van der Waals surface area contributed by atoms with E-state index in [0.717, 1.165) is 23.3 Å². The molecule has 0 amide bonds. The molecule has 0 aliphatic carbocycles. The number of nitrogens with zero attached hydrogens (tertiary/aromatic N) is 2. The first-order valence-corrected chi connectivity index (χ1v) is 9.77. The van der Waals surface area contributed by atoms with Crippen LogP contribution in [0.3, 0.4) is 0 Å². The van der Waals surface area contributed by atoms with Gasteiger partial charge in [0, 0.05) is 11.3 Å². The number of benzene rings is 2. The highest BCUT2D eigenvalue weighted by molar-refractivity contribution is 7.98. The first-order valence-electron chi connectivity index (χ1n) is 8.78. The molecule has 1 aromatic heterocycles. The Hall–Kier alpha value is -2.94. The molecule has 158 valence electrons. The average Bonchev–Trinajstić information content (AvgIpc) is 2.76. The van der Waals surface area contributed by atoms with Crippen LogP contribution >= 0.6 is 11.8 Å². The molecule has 0 aliphatic rings. The first kappa shape index (κ1) is 21.8. The minimum absolute atomic E-state index is 0.482. The Kier molecular flexibility index (Phi) is 6.71. The zero-order chi connectivity index (χ0) is 21.7. The molecule has 0 unspecified atom stereocenters. The first-order chi connectivity index (χ1) is 14.4. The van der Waals surface area contributed by atoms with Gasteiger partial charge < -0.3 is 14.2 Å². The van der Waals surface area contributed by atoms with E-state index in [1.54, 1.807) is 18.2 Å². The van der Waals surface area contributed by atoms with Gasteiger partial charge in [-0.1, -0.05) is 23.9 Å². The quantitative estimate of drug-likeness (QED) is 0.457. The number of alkyl halides is 3. The van der Waals surface area contributed by atoms with E-state index in [1.165, 1.54) is 45.2 Å². The maximum atomic E-state index is 12.6. The van der Waals surface area contributed by atoms with Crippen LogP contribution in [0, 0.1) is 0 Å². The number of rotatable bonds is 7. The van der Waals surface area contributed by atoms with Gasteiger partial charge in [0.1, 0.15) is 5.03 Å². The minimum atomic E-state index is -4.33. The number of thioether (sulfide) groups is 1. The molecule has 0 atom stereocenters. The maximum Gasteiger partial charge on any atom is 0.416 e. The molecule has 1 heterocycles. The van der Waals surface area contributed by atoms with Crippen molar-refractivity contribution in [2.45, 2.75) is 17.0 Å². The zero-order valence-corrected chi connectivity index (χ0v) is 17.3. The summed E-state index contributed by atoms with van der Waals surface area (Å²) in [5, 5.41) is 9.10. The van der Waals surface area contributed by atoms with Gasteiger partial charge in [0.15, 0.2) is 11.5 Å². The van der Waals surface area contributed by atoms with Crippen LogP contribution in [0.15, 0.2) is 53.6 Å². The van der Waals surface area contributed by atoms with E-state index in [9.17, 15) is 13.2 Å². The lowest BCUT2D eigenvalue weighted by Crippen LogP contribution is -2.04. The second kappa shape index (κ2) is 9.25. The zero-order valence-electron chi connectivity index (χ0n) is 16.5. The molecule has 30 heavy (non-hydrogen) atoms. The van der Waals surface area contributed by atoms with Gasteiger partial charge in [0.25, 0.3) is 0 Å². The van der Waals surface area contributed by atoms with E-state index in [1.807, 2.05) is 6.07 Å². The van der Waals surface area contributed by atoms with Gasteiger partial charge in [-0.15, -0.1) is 10.2 Å². The van der Waals surface area contributed by atoms with Crippen molar-refractivity contribution in [3.8, 4) is 28.5 Å². The number of halogens is 3. The Morgan fingerprint density at radius 1 is 0.833 bits per heavy atom. The SMILES string of the molecule is COc1cc(-c2ccc(SCc3ccc(C(F)(F)F)cc3)nn2)cc(OC)c1OC. The monoisotopic (exact) mass is 436 g/mol. The molecule has 2 aromatic carbocycles. The van der Waals surface area contributed by atoms with Crippen LogP contribution in [0.4, 0.5) is 13.2 Å². The van der Waals surface area contributed by atoms with Gasteiger partial charge >= 0.3 is 6.18 Å². The van der Waals surface area contributed by atoms with Gasteiger partial charge in [-0.25, -0.2) is 0 Å². The summed E-state index contributed by atoms with van der Waals surface area (Å²) in [5.41, 5.74) is 1.47. The molecule has 3 aromatic rings. The predicted molar refractivity (Wildman–Crippen MR) is 108 cm³/mol. The lowest BCUT2D eigenvalue weighted by Gasteiger charge is -2.13. The Labute approximate surface area is 176 Å². The van der Waals surface area contributed by atoms with Crippen LogP contribution < -0.4 is 14.2 Å². The lowest BCUT2D eigenvalue weighted by molar-refractivity contribution is -0.137. The summed E-state index contributed by atoms with van der Waals surface area (Å²) in [6.45, 7) is 0. The Morgan fingerprint density at radius 3 is 1.93 bits per heavy atom. The van der Waals surface area contributed by atoms with Gasteiger partial charge in [-0.2, -0.15) is 13.2 Å². The van der Waals surface area contributed by atoms with Crippen molar-refractivity contribution in [1.82, 2.24) is 10.2 Å². The summed E-state index contributed by atoms with van der Waals surface area (Å²) >= 11 is 1.39. The van der Waals surface area contributed by atoms with Gasteiger partial charge in [-0.3, -0.25) is 0 Å². The summed E-state index contributed by atoms with van der Waals surface area (Å²) in [6, 6.07) is 12.3. The number of methoxy groups -OCH3 is 3. The second-order valence-electron chi connectivity index (χ2n) is 6.15. The van der Waals surface area contributed by atoms with Crippen LogP contribution in [-0.4, -0.2) is 31.5 Å². The van der Waals surface area contributed by atoms with Crippen molar-refractivity contribution in [3.63, 3.8) is 0 Å². The normalized spacial score (nSPS) is 11.3. The standard InChI is InChI=1S/C21H19F3N2O3S/c1-27-17-10-14(11-18(28-2)20(17)29-3)16-8-9-19(26-25-16)30-12-13-4-6-15(7-5-13)21(22,23)24/h4-11H,12H2,1-3H3. The van der Waals surface area contributed by atoms with Crippen molar-refractivity contribution >= 4 is 11.8 Å². The summed E-state index contributed by atoms with van der Waals surface area (Å²) in [5.74, 6) is 1.99. The highest BCUT2D eigenvalue weighted by atomic mass is 32.2. The molecule has 9 heteroatoms. The van der Waals surface area contributed by atoms with E-state index in [-0.39, 0.29) is 0 Å². The molecule has 0 N–H and O–H groups in total. The number of hydrogen-bond acceptors (Lipinski definition) is 6. The molecular formula is C21H19F3N2O3S. The third-order valence-corrected chi connectivity index (χ3v) is 5.26. The Bertz CT molecular complexity index is 969. The minimum Gasteiger partial charge on any atom is -0.493 e. The average molecular weight is 436 g/mol. The lowest BCUT2D eigenvalue weighted by atomic mass is 10.1. The van der Waals surface area contributed by atoms with Crippen LogP contribution in [0.5, 0.6) is 17.2 Å². The molecule has 3 rings (SSSR count). The summed E-state index contributed by atoms with van der Waals surface area (Å²) < 4.78 is 53.9. The summed E-state index contributed by atoms with van der Waals surface area (Å²) in [6.07, 6.45) is -4.33. The largest absolute Gasteiger partial charge is 0.493 e. The second-order valence-corrected chi connectivity index (χ2v) is 7.15. The van der Waals surface area contributed by atoms with Crippen molar-refractivity contribution in [1.29, 1.82) is 0 Å². The van der Waals surface area contributed by atoms with E-state index in [0.29, 0.717) is 33.7 Å². The van der Waals surface area contributed by atoms with Crippen molar-refractivity contribution in [3.05, 3.63) is 59.7 Å². The number of ether oxygens (including phenoxy) is 3. The fourth-order valence-corrected chi connectivity index (χ4v) is 3.50. The van der Waals surface area contributed by atoms with Crippen molar-refractivity contribution in [2.75, 3.05) is 21.3 Å². The molecule has 0 bridgehead atoms. The fraction of sp³-hybridized carbons (Fsp3) is 0.238. The third kappa shape index (κ3) is 4.96. The summed E-state index contributed by atoms with van der Waals surface area (Å²) in [4.78, 5) is 0. The van der Waals surface area contributed by atoms with Crippen LogP contribution in [0.1, 0.15) is 11.1 Å². The van der Waals surface area contributed by atoms with E-state index in [4.69, 9.17) is 14.2 Å². The molecular weight excluding hydrogens is 417 g/mol. The highest BCUT2D eigenvalue weighted by Gasteiger charge is 2.29. The van der Waals surface area contributed by atoms with Crippen LogP contribution in [-0.2, 0) is 11.9 Å². The molecule has 0 aliphatic heterocycles. The van der Waals surface area contributed by atoms with Crippen LogP contribution in [0.25, 0.3) is 11.3 Å². The molecule has 0 fully saturated rings. The van der Waals surface area contributed by atoms with Gasteiger partial charge in [0.05, 0.1) is 32.6 Å². The van der Waals surface area contributed by atoms with E-state index >= 15 is 0 Å². The number of hydrogen-bond donors (Lipinski definition) is 0. The van der Waals surface area contributed by atoms with Crippen LogP contribution in [0.2, 0.25) is 0 Å². The van der Waals surface area contributed by atoms with Crippen molar-refractivity contribution < 1.29 is 27.4 Å². The molecule has 5 nitrogen and oxygen atoms in total. The molecule has 0 radical (unpaired) electrons. The van der Waals surface area contributed by atoms with E-state index < -0.39 is 11.7 Å². The topological polar surface area (TPSA) is 53.5 Å². The molecule has 0 saturated heterocycles. The van der Waals surface area contributed by atoms with Gasteiger partial charge in [-0.05, 0) is 42.0 Å². The van der Waals surface area contributed by atoms with Crippen molar-refractivity contribution in [2.24, 2.45) is 0 Å².